The van der Waals surface area contributed by atoms with Crippen LogP contribution in [0.3, 0.4) is 0 Å². The number of fused-ring (bicyclic) bond motifs is 1. The van der Waals surface area contributed by atoms with Crippen LogP contribution in [0.25, 0.3) is 10.8 Å². The molecule has 0 unspecified atom stereocenters. The highest BCUT2D eigenvalue weighted by Gasteiger charge is 2.34. The largest absolute Gasteiger partial charge is 0.419 e. The molecule has 3 rings (SSSR count). The lowest BCUT2D eigenvalue weighted by molar-refractivity contribution is -0.139. The van der Waals surface area contributed by atoms with Crippen molar-refractivity contribution in [3.8, 4) is 0 Å². The molecule has 0 saturated heterocycles. The summed E-state index contributed by atoms with van der Waals surface area (Å²) in [5.41, 5.74) is -0.0806. The molecule has 0 spiro atoms. The third-order valence-electron chi connectivity index (χ3n) is 5.58. The fraction of sp³-hybridized carbons (Fsp3) is 0.455. The lowest BCUT2D eigenvalue weighted by atomic mass is 9.77. The molecule has 0 N–H and O–H groups in total. The predicted molar refractivity (Wildman–Crippen MR) is 97.7 cm³/mol. The van der Waals surface area contributed by atoms with Gasteiger partial charge in [-0.1, -0.05) is 36.4 Å². The van der Waals surface area contributed by atoms with Crippen LogP contribution in [0.2, 0.25) is 0 Å². The maximum atomic E-state index is 14.2. The first-order chi connectivity index (χ1) is 12.4. The lowest BCUT2D eigenvalue weighted by Gasteiger charge is -2.29. The molecule has 140 valence electrons. The Balaban J connectivity index is 1.74. The van der Waals surface area contributed by atoms with E-state index in [2.05, 4.69) is 12.2 Å². The number of alkyl halides is 3. The molecule has 2 aromatic rings. The van der Waals surface area contributed by atoms with Gasteiger partial charge in [-0.25, -0.2) is 4.39 Å². The Morgan fingerprint density at radius 1 is 1.04 bits per heavy atom. The molecule has 1 fully saturated rings. The van der Waals surface area contributed by atoms with Crippen molar-refractivity contribution in [2.75, 3.05) is 0 Å². The van der Waals surface area contributed by atoms with Crippen molar-refractivity contribution in [1.29, 1.82) is 0 Å². The first-order valence-electron chi connectivity index (χ1n) is 9.30. The molecular formula is C22H24F4. The zero-order chi connectivity index (χ0) is 18.7. The van der Waals surface area contributed by atoms with E-state index < -0.39 is 17.6 Å². The van der Waals surface area contributed by atoms with Crippen LogP contribution in [-0.2, 0) is 6.18 Å². The van der Waals surface area contributed by atoms with Gasteiger partial charge in [0.1, 0.15) is 5.82 Å². The van der Waals surface area contributed by atoms with Gasteiger partial charge in [0.15, 0.2) is 0 Å². The van der Waals surface area contributed by atoms with Crippen molar-refractivity contribution < 1.29 is 17.6 Å². The summed E-state index contributed by atoms with van der Waals surface area (Å²) in [7, 11) is 0. The fourth-order valence-corrected chi connectivity index (χ4v) is 4.07. The molecule has 2 aromatic carbocycles. The number of benzene rings is 2. The van der Waals surface area contributed by atoms with Crippen LogP contribution in [0, 0.1) is 11.7 Å². The molecule has 0 radical (unpaired) electrons. The van der Waals surface area contributed by atoms with Gasteiger partial charge in [-0.15, -0.1) is 0 Å². The number of halogens is 4. The van der Waals surface area contributed by atoms with Crippen LogP contribution >= 0.6 is 0 Å². The molecule has 0 atom stereocenters. The summed E-state index contributed by atoms with van der Waals surface area (Å²) >= 11 is 0. The average Bonchev–Trinajstić information content (AvgIpc) is 2.61. The predicted octanol–water partition coefficient (Wildman–Crippen LogP) is 7.63. The molecule has 26 heavy (non-hydrogen) atoms. The highest BCUT2D eigenvalue weighted by Crippen LogP contribution is 2.39. The molecule has 0 aliphatic heterocycles. The van der Waals surface area contributed by atoms with E-state index in [0.717, 1.165) is 36.8 Å². The van der Waals surface area contributed by atoms with Crippen LogP contribution in [0.1, 0.15) is 62.5 Å². The first-order valence-corrected chi connectivity index (χ1v) is 9.30. The SMILES string of the molecule is C/C=C/CCC1CCC(c2ccc3c(F)c(C(F)(F)F)ccc3c2)CC1. The Labute approximate surface area is 151 Å². The maximum Gasteiger partial charge on any atom is 0.419 e. The first kappa shape index (κ1) is 18.9. The zero-order valence-electron chi connectivity index (χ0n) is 15.0. The smallest absolute Gasteiger partial charge is 0.206 e. The highest BCUT2D eigenvalue weighted by molar-refractivity contribution is 5.84. The number of hydrogen-bond acceptors (Lipinski definition) is 0. The summed E-state index contributed by atoms with van der Waals surface area (Å²) in [4.78, 5) is 0. The van der Waals surface area contributed by atoms with Gasteiger partial charge in [0.2, 0.25) is 0 Å². The van der Waals surface area contributed by atoms with Crippen LogP contribution in [0.15, 0.2) is 42.5 Å². The van der Waals surface area contributed by atoms with Gasteiger partial charge in [0, 0.05) is 5.39 Å². The van der Waals surface area contributed by atoms with Crippen molar-refractivity contribution >= 4 is 10.8 Å². The van der Waals surface area contributed by atoms with Gasteiger partial charge in [-0.05, 0) is 74.3 Å². The van der Waals surface area contributed by atoms with E-state index in [9.17, 15) is 17.6 Å². The molecule has 1 saturated carbocycles. The second-order valence-electron chi connectivity index (χ2n) is 7.27. The maximum absolute atomic E-state index is 14.2. The van der Waals surface area contributed by atoms with E-state index >= 15 is 0 Å². The molecule has 1 aliphatic carbocycles. The van der Waals surface area contributed by atoms with E-state index in [0.29, 0.717) is 11.3 Å². The van der Waals surface area contributed by atoms with E-state index in [-0.39, 0.29) is 5.39 Å². The molecule has 0 nitrogen and oxygen atoms in total. The second kappa shape index (κ2) is 7.81. The normalized spacial score (nSPS) is 21.6. The second-order valence-corrected chi connectivity index (χ2v) is 7.27. The topological polar surface area (TPSA) is 0 Å². The van der Waals surface area contributed by atoms with Crippen molar-refractivity contribution in [2.45, 2.75) is 57.5 Å². The van der Waals surface area contributed by atoms with Gasteiger partial charge in [0.05, 0.1) is 5.56 Å². The summed E-state index contributed by atoms with van der Waals surface area (Å²) in [5, 5.41) is 0.590. The fourth-order valence-electron chi connectivity index (χ4n) is 4.07. The third-order valence-corrected chi connectivity index (χ3v) is 5.58. The van der Waals surface area contributed by atoms with Gasteiger partial charge in [-0.2, -0.15) is 13.2 Å². The van der Waals surface area contributed by atoms with Gasteiger partial charge in [-0.3, -0.25) is 0 Å². The zero-order valence-corrected chi connectivity index (χ0v) is 15.0. The minimum atomic E-state index is -4.66. The standard InChI is InChI=1S/C22H24F4/c1-2-3-4-5-15-6-8-16(9-7-15)17-10-12-19-18(14-17)11-13-20(21(19)23)22(24,25)26/h2-3,10-16H,4-9H2,1H3/b3-2+. The van der Waals surface area contributed by atoms with Crippen molar-refractivity contribution in [2.24, 2.45) is 5.92 Å². The number of rotatable bonds is 4. The van der Waals surface area contributed by atoms with Gasteiger partial charge in [0.25, 0.3) is 0 Å². The van der Waals surface area contributed by atoms with E-state index in [4.69, 9.17) is 0 Å². The number of allylic oxidation sites excluding steroid dienone is 2. The third kappa shape index (κ3) is 4.11. The molecule has 4 heteroatoms. The van der Waals surface area contributed by atoms with Crippen molar-refractivity contribution in [3.05, 3.63) is 59.4 Å². The lowest BCUT2D eigenvalue weighted by Crippen LogP contribution is -2.13. The summed E-state index contributed by atoms with van der Waals surface area (Å²) in [5.74, 6) is 0.00616. The molecule has 1 aliphatic rings. The summed E-state index contributed by atoms with van der Waals surface area (Å²) in [6, 6.07) is 7.40. The minimum absolute atomic E-state index is 0.0450. The van der Waals surface area contributed by atoms with Gasteiger partial charge >= 0.3 is 6.18 Å². The molecular weight excluding hydrogens is 340 g/mol. The monoisotopic (exact) mass is 364 g/mol. The van der Waals surface area contributed by atoms with E-state index in [1.807, 2.05) is 13.0 Å². The summed E-state index contributed by atoms with van der Waals surface area (Å²) < 4.78 is 52.8. The Kier molecular flexibility index (Phi) is 5.69. The number of hydrogen-bond donors (Lipinski definition) is 0. The van der Waals surface area contributed by atoms with Crippen LogP contribution < -0.4 is 0 Å². The quantitative estimate of drug-likeness (QED) is 0.386. The Morgan fingerprint density at radius 3 is 2.42 bits per heavy atom. The van der Waals surface area contributed by atoms with E-state index in [1.54, 1.807) is 6.07 Å². The average molecular weight is 364 g/mol. The van der Waals surface area contributed by atoms with Crippen LogP contribution in [0.4, 0.5) is 17.6 Å². The highest BCUT2D eigenvalue weighted by atomic mass is 19.4. The Bertz CT molecular complexity index is 781. The van der Waals surface area contributed by atoms with Crippen LogP contribution in [-0.4, -0.2) is 0 Å². The minimum Gasteiger partial charge on any atom is -0.206 e. The summed E-state index contributed by atoms with van der Waals surface area (Å²) in [6.07, 6.45) is 6.53. The van der Waals surface area contributed by atoms with E-state index in [1.165, 1.54) is 31.4 Å². The van der Waals surface area contributed by atoms with Crippen LogP contribution in [0.5, 0.6) is 0 Å². The summed E-state index contributed by atoms with van der Waals surface area (Å²) in [6.45, 7) is 2.04. The van der Waals surface area contributed by atoms with Crippen molar-refractivity contribution in [3.63, 3.8) is 0 Å². The Hall–Kier alpha value is -1.84. The van der Waals surface area contributed by atoms with Gasteiger partial charge < -0.3 is 0 Å². The molecule has 0 aromatic heterocycles. The Morgan fingerprint density at radius 2 is 1.77 bits per heavy atom. The molecule has 0 amide bonds. The molecule has 0 bridgehead atoms. The molecule has 0 heterocycles. The van der Waals surface area contributed by atoms with Crippen molar-refractivity contribution in [1.82, 2.24) is 0 Å².